The first kappa shape index (κ1) is 17.0. The van der Waals surface area contributed by atoms with E-state index in [-0.39, 0.29) is 12.1 Å². The Labute approximate surface area is 138 Å². The van der Waals surface area contributed by atoms with Gasteiger partial charge in [0.1, 0.15) is 5.75 Å². The standard InChI is InChI=1S/C12H10F3IN3O2P/c13-12(14,15)21-10-4-2-1-3-9(10)11(20)17-7-8-5-6-19(18-8)22-16/h1-6,22H,7H2,(H,17,20). The number of benzene rings is 1. The molecule has 118 valence electrons. The van der Waals surface area contributed by atoms with Gasteiger partial charge in [0.25, 0.3) is 5.91 Å². The summed E-state index contributed by atoms with van der Waals surface area (Å²) in [5.74, 6) is -1.20. The largest absolute Gasteiger partial charge is 0.573 e. The Morgan fingerprint density at radius 3 is 2.73 bits per heavy atom. The number of amides is 1. The van der Waals surface area contributed by atoms with Crippen LogP contribution in [0.1, 0.15) is 16.1 Å². The molecule has 5 nitrogen and oxygen atoms in total. The summed E-state index contributed by atoms with van der Waals surface area (Å²) >= 11 is 2.15. The molecular formula is C12H10F3IN3O2P. The third kappa shape index (κ3) is 4.84. The number of carbonyl (C=O) groups excluding carboxylic acids is 1. The minimum Gasteiger partial charge on any atom is -0.405 e. The number of para-hydroxylation sites is 1. The number of alkyl halides is 3. The van der Waals surface area contributed by atoms with Gasteiger partial charge < -0.3 is 10.1 Å². The molecule has 1 N–H and O–H groups in total. The lowest BCUT2D eigenvalue weighted by Gasteiger charge is -2.12. The van der Waals surface area contributed by atoms with Gasteiger partial charge in [0.2, 0.25) is 0 Å². The van der Waals surface area contributed by atoms with Crippen LogP contribution >= 0.6 is 28.4 Å². The molecule has 2 aromatic rings. The molecule has 1 unspecified atom stereocenters. The van der Waals surface area contributed by atoms with Crippen LogP contribution in [0.5, 0.6) is 5.75 Å². The van der Waals surface area contributed by atoms with Crippen molar-refractivity contribution in [3.63, 3.8) is 0 Å². The highest BCUT2D eigenvalue weighted by molar-refractivity contribution is 14.2. The van der Waals surface area contributed by atoms with E-state index in [1.165, 1.54) is 18.2 Å². The van der Waals surface area contributed by atoms with E-state index in [2.05, 4.69) is 37.2 Å². The molecular weight excluding hydrogens is 433 g/mol. The van der Waals surface area contributed by atoms with Crippen LogP contribution < -0.4 is 10.1 Å². The molecule has 0 radical (unpaired) electrons. The van der Waals surface area contributed by atoms with E-state index in [1.54, 1.807) is 16.7 Å². The van der Waals surface area contributed by atoms with Crippen LogP contribution in [0.25, 0.3) is 0 Å². The average molecular weight is 443 g/mol. The van der Waals surface area contributed by atoms with E-state index >= 15 is 0 Å². The number of halogens is 4. The van der Waals surface area contributed by atoms with Crippen molar-refractivity contribution in [2.45, 2.75) is 12.9 Å². The molecule has 0 aliphatic rings. The molecule has 22 heavy (non-hydrogen) atoms. The van der Waals surface area contributed by atoms with Gasteiger partial charge in [-0.3, -0.25) is 4.79 Å². The predicted molar refractivity (Wildman–Crippen MR) is 84.3 cm³/mol. The summed E-state index contributed by atoms with van der Waals surface area (Å²) in [5.41, 5.74) is 0.432. The fraction of sp³-hybridized carbons (Fsp3) is 0.167. The summed E-state index contributed by atoms with van der Waals surface area (Å²) in [6.07, 6.45) is -2.66. The van der Waals surface area contributed by atoms with E-state index in [1.807, 2.05) is 0 Å². The molecule has 2 rings (SSSR count). The van der Waals surface area contributed by atoms with Crippen LogP contribution in [-0.4, -0.2) is 21.8 Å². The van der Waals surface area contributed by atoms with E-state index in [0.29, 0.717) is 12.1 Å². The van der Waals surface area contributed by atoms with Crippen molar-refractivity contribution in [2.75, 3.05) is 0 Å². The zero-order valence-corrected chi connectivity index (χ0v) is 14.1. The van der Waals surface area contributed by atoms with Crippen LogP contribution in [0.3, 0.4) is 0 Å². The molecule has 0 saturated carbocycles. The summed E-state index contributed by atoms with van der Waals surface area (Å²) in [4.78, 5) is 12.0. The topological polar surface area (TPSA) is 56.2 Å². The fourth-order valence-electron chi connectivity index (χ4n) is 1.64. The molecule has 1 amide bonds. The zero-order chi connectivity index (χ0) is 16.2. The van der Waals surface area contributed by atoms with Crippen molar-refractivity contribution in [1.82, 2.24) is 14.9 Å². The van der Waals surface area contributed by atoms with Crippen molar-refractivity contribution in [2.24, 2.45) is 0 Å². The minimum absolute atomic E-state index is 0.118. The second-order valence-electron chi connectivity index (χ2n) is 4.06. The number of ether oxygens (including phenoxy) is 1. The summed E-state index contributed by atoms with van der Waals surface area (Å²) in [7, 11) is 0. The molecule has 0 bridgehead atoms. The Bertz CT molecular complexity index is 663. The van der Waals surface area contributed by atoms with Gasteiger partial charge in [0.05, 0.1) is 24.2 Å². The predicted octanol–water partition coefficient (Wildman–Crippen LogP) is 3.50. The molecule has 0 spiro atoms. The maximum absolute atomic E-state index is 12.3. The van der Waals surface area contributed by atoms with E-state index in [9.17, 15) is 18.0 Å². The summed E-state index contributed by atoms with van der Waals surface area (Å²) in [6, 6.07) is 6.91. The van der Waals surface area contributed by atoms with Gasteiger partial charge >= 0.3 is 6.36 Å². The normalized spacial score (nSPS) is 11.8. The molecule has 0 aliphatic carbocycles. The van der Waals surface area contributed by atoms with Crippen molar-refractivity contribution in [3.05, 3.63) is 47.8 Å². The minimum atomic E-state index is -4.85. The van der Waals surface area contributed by atoms with Gasteiger partial charge in [-0.25, -0.2) is 4.45 Å². The van der Waals surface area contributed by atoms with Crippen LogP contribution in [-0.2, 0) is 6.54 Å². The van der Waals surface area contributed by atoms with Crippen LogP contribution in [0, 0.1) is 0 Å². The Morgan fingerprint density at radius 2 is 2.09 bits per heavy atom. The third-order valence-electron chi connectivity index (χ3n) is 2.52. The van der Waals surface area contributed by atoms with Gasteiger partial charge in [-0.1, -0.05) is 12.1 Å². The average Bonchev–Trinajstić information content (AvgIpc) is 2.91. The smallest absolute Gasteiger partial charge is 0.405 e. The molecule has 0 saturated heterocycles. The van der Waals surface area contributed by atoms with E-state index < -0.39 is 18.0 Å². The Kier molecular flexibility index (Phi) is 5.63. The van der Waals surface area contributed by atoms with Gasteiger partial charge in [-0.2, -0.15) is 5.10 Å². The monoisotopic (exact) mass is 443 g/mol. The quantitative estimate of drug-likeness (QED) is 0.569. The lowest BCUT2D eigenvalue weighted by Crippen LogP contribution is -2.25. The van der Waals surface area contributed by atoms with Crippen LogP contribution in [0.15, 0.2) is 36.5 Å². The Morgan fingerprint density at radius 1 is 1.36 bits per heavy atom. The number of carbonyl (C=O) groups is 1. The third-order valence-corrected chi connectivity index (χ3v) is 4.42. The molecule has 1 atom stereocenters. The maximum atomic E-state index is 12.3. The van der Waals surface area contributed by atoms with Gasteiger partial charge in [-0.05, 0) is 40.2 Å². The Balaban J connectivity index is 2.06. The Hall–Kier alpha value is -1.35. The van der Waals surface area contributed by atoms with Crippen LogP contribution in [0.4, 0.5) is 13.2 Å². The summed E-state index contributed by atoms with van der Waals surface area (Å²) in [5, 5.41) is 6.69. The number of nitrogens with one attached hydrogen (secondary N) is 1. The maximum Gasteiger partial charge on any atom is 0.573 e. The van der Waals surface area contributed by atoms with E-state index in [4.69, 9.17) is 0 Å². The van der Waals surface area contributed by atoms with Gasteiger partial charge in [0, 0.05) is 6.20 Å². The van der Waals surface area contributed by atoms with Crippen molar-refractivity contribution < 1.29 is 22.7 Å². The van der Waals surface area contributed by atoms with Crippen molar-refractivity contribution >= 4 is 34.3 Å². The van der Waals surface area contributed by atoms with Gasteiger partial charge in [0.15, 0.2) is 0 Å². The summed E-state index contributed by atoms with van der Waals surface area (Å²) < 4.78 is 42.5. The number of aromatic nitrogens is 2. The second kappa shape index (κ2) is 7.28. The second-order valence-corrected chi connectivity index (χ2v) is 6.14. The zero-order valence-electron chi connectivity index (χ0n) is 10.9. The molecule has 0 aliphatic heterocycles. The molecule has 1 heterocycles. The molecule has 10 heteroatoms. The first-order chi connectivity index (χ1) is 10.4. The number of hydrogen-bond acceptors (Lipinski definition) is 3. The lowest BCUT2D eigenvalue weighted by atomic mass is 10.2. The number of hydrogen-bond donors (Lipinski definition) is 1. The van der Waals surface area contributed by atoms with E-state index in [0.717, 1.165) is 6.07 Å². The van der Waals surface area contributed by atoms with Crippen molar-refractivity contribution in [3.8, 4) is 5.75 Å². The SMILES string of the molecule is O=C(NCc1ccn(PI)n1)c1ccccc1OC(F)(F)F. The van der Waals surface area contributed by atoms with Gasteiger partial charge in [-0.15, -0.1) is 13.2 Å². The summed E-state index contributed by atoms with van der Waals surface area (Å²) in [6.45, 7) is 0.118. The highest BCUT2D eigenvalue weighted by Crippen LogP contribution is 2.26. The first-order valence-electron chi connectivity index (χ1n) is 5.93. The number of nitrogens with zero attached hydrogens (tertiary/aromatic N) is 2. The highest BCUT2D eigenvalue weighted by atomic mass is 127. The molecule has 1 aromatic heterocycles. The van der Waals surface area contributed by atoms with Crippen molar-refractivity contribution in [1.29, 1.82) is 0 Å². The highest BCUT2D eigenvalue weighted by Gasteiger charge is 2.32. The lowest BCUT2D eigenvalue weighted by molar-refractivity contribution is -0.274. The number of rotatable bonds is 5. The fourth-order valence-corrected chi connectivity index (χ4v) is 2.74. The molecule has 1 aromatic carbocycles. The first-order valence-corrected chi connectivity index (χ1v) is 9.99. The molecule has 0 fully saturated rings. The van der Waals surface area contributed by atoms with Crippen LogP contribution in [0.2, 0.25) is 0 Å².